The van der Waals surface area contributed by atoms with E-state index in [1.54, 1.807) is 6.08 Å². The van der Waals surface area contributed by atoms with E-state index in [-0.39, 0.29) is 6.61 Å². The van der Waals surface area contributed by atoms with Gasteiger partial charge in [-0.1, -0.05) is 36.4 Å². The minimum atomic E-state index is 0.0799. The zero-order chi connectivity index (χ0) is 15.1. The second-order valence-corrected chi connectivity index (χ2v) is 4.82. The van der Waals surface area contributed by atoms with Crippen molar-refractivity contribution in [2.75, 3.05) is 13.6 Å². The van der Waals surface area contributed by atoms with Crippen molar-refractivity contribution in [3.05, 3.63) is 71.1 Å². The van der Waals surface area contributed by atoms with Crippen LogP contribution in [0.4, 0.5) is 0 Å². The Morgan fingerprint density at radius 1 is 1.10 bits per heavy atom. The summed E-state index contributed by atoms with van der Waals surface area (Å²) in [6.07, 6.45) is 8.39. The summed E-state index contributed by atoms with van der Waals surface area (Å²) in [5.74, 6) is 0.868. The lowest BCUT2D eigenvalue weighted by molar-refractivity contribution is 0.282. The fraction of sp³-hybridized carbons (Fsp3) is 0.235. The van der Waals surface area contributed by atoms with E-state index in [2.05, 4.69) is 10.6 Å². The highest BCUT2D eigenvalue weighted by Crippen LogP contribution is 2.10. The SMILES string of the molecule is CN/C(NCCc1ccc(CO)cc1)=C1/C=CC=CC1=N. The molecule has 0 amide bonds. The van der Waals surface area contributed by atoms with Crippen molar-refractivity contribution in [3.63, 3.8) is 0 Å². The zero-order valence-corrected chi connectivity index (χ0v) is 12.2. The lowest BCUT2D eigenvalue weighted by Gasteiger charge is -2.15. The highest BCUT2D eigenvalue weighted by molar-refractivity contribution is 6.09. The first-order chi connectivity index (χ1) is 10.2. The maximum absolute atomic E-state index is 9.02. The van der Waals surface area contributed by atoms with Crippen LogP contribution in [0.2, 0.25) is 0 Å². The molecule has 0 unspecified atom stereocenters. The van der Waals surface area contributed by atoms with Crippen LogP contribution in [0.5, 0.6) is 0 Å². The van der Waals surface area contributed by atoms with Gasteiger partial charge in [-0.2, -0.15) is 0 Å². The van der Waals surface area contributed by atoms with E-state index in [0.29, 0.717) is 5.71 Å². The van der Waals surface area contributed by atoms with Gasteiger partial charge in [0.15, 0.2) is 0 Å². The largest absolute Gasteiger partial charge is 0.392 e. The summed E-state index contributed by atoms with van der Waals surface area (Å²) in [7, 11) is 1.85. The van der Waals surface area contributed by atoms with Crippen molar-refractivity contribution >= 4 is 5.71 Å². The molecule has 0 radical (unpaired) electrons. The summed E-state index contributed by atoms with van der Waals surface area (Å²) < 4.78 is 0. The van der Waals surface area contributed by atoms with Gasteiger partial charge in [-0.25, -0.2) is 0 Å². The van der Waals surface area contributed by atoms with Gasteiger partial charge in [0.05, 0.1) is 12.3 Å². The van der Waals surface area contributed by atoms with Crippen molar-refractivity contribution < 1.29 is 5.11 Å². The number of rotatable bonds is 6. The van der Waals surface area contributed by atoms with E-state index in [9.17, 15) is 0 Å². The molecule has 21 heavy (non-hydrogen) atoms. The molecule has 2 rings (SSSR count). The van der Waals surface area contributed by atoms with Gasteiger partial charge in [-0.3, -0.25) is 0 Å². The highest BCUT2D eigenvalue weighted by atomic mass is 16.3. The van der Waals surface area contributed by atoms with E-state index in [0.717, 1.165) is 29.9 Å². The molecular formula is C17H21N3O. The third kappa shape index (κ3) is 4.07. The van der Waals surface area contributed by atoms with Crippen LogP contribution in [0.25, 0.3) is 0 Å². The van der Waals surface area contributed by atoms with Gasteiger partial charge < -0.3 is 21.1 Å². The summed E-state index contributed by atoms with van der Waals surface area (Å²) in [6, 6.07) is 7.95. The molecule has 1 aliphatic rings. The summed E-state index contributed by atoms with van der Waals surface area (Å²) in [5, 5.41) is 23.4. The molecule has 1 aromatic carbocycles. The molecule has 110 valence electrons. The molecule has 4 nitrogen and oxygen atoms in total. The molecule has 0 spiro atoms. The van der Waals surface area contributed by atoms with E-state index in [1.165, 1.54) is 5.56 Å². The van der Waals surface area contributed by atoms with Crippen LogP contribution in [-0.2, 0) is 13.0 Å². The Morgan fingerprint density at radius 3 is 2.38 bits per heavy atom. The van der Waals surface area contributed by atoms with Gasteiger partial charge >= 0.3 is 0 Å². The Bertz CT molecular complexity index is 583. The molecule has 0 aromatic heterocycles. The Labute approximate surface area is 125 Å². The van der Waals surface area contributed by atoms with Crippen LogP contribution in [0.15, 0.2) is 60.0 Å². The van der Waals surface area contributed by atoms with E-state index >= 15 is 0 Å². The fourth-order valence-corrected chi connectivity index (χ4v) is 2.16. The third-order valence-electron chi connectivity index (χ3n) is 3.37. The van der Waals surface area contributed by atoms with Crippen molar-refractivity contribution in [1.29, 1.82) is 5.41 Å². The average molecular weight is 283 g/mol. The van der Waals surface area contributed by atoms with E-state index in [1.807, 2.05) is 49.5 Å². The van der Waals surface area contributed by atoms with Crippen molar-refractivity contribution in [2.45, 2.75) is 13.0 Å². The predicted molar refractivity (Wildman–Crippen MR) is 86.2 cm³/mol. The first-order valence-electron chi connectivity index (χ1n) is 7.03. The number of aliphatic hydroxyl groups is 1. The van der Waals surface area contributed by atoms with Gasteiger partial charge in [0, 0.05) is 19.2 Å². The first-order valence-corrected chi connectivity index (χ1v) is 7.03. The molecule has 1 aliphatic carbocycles. The van der Waals surface area contributed by atoms with Crippen molar-refractivity contribution in [3.8, 4) is 0 Å². The number of allylic oxidation sites excluding steroid dienone is 5. The average Bonchev–Trinajstić information content (AvgIpc) is 2.53. The number of hydrogen-bond donors (Lipinski definition) is 4. The second kappa shape index (κ2) is 7.45. The van der Waals surface area contributed by atoms with Crippen molar-refractivity contribution in [2.24, 2.45) is 0 Å². The van der Waals surface area contributed by atoms with Crippen LogP contribution in [0, 0.1) is 5.41 Å². The molecular weight excluding hydrogens is 262 g/mol. The quantitative estimate of drug-likeness (QED) is 0.644. The summed E-state index contributed by atoms with van der Waals surface area (Å²) in [6.45, 7) is 0.861. The van der Waals surface area contributed by atoms with E-state index < -0.39 is 0 Å². The minimum Gasteiger partial charge on any atom is -0.392 e. The molecule has 4 N–H and O–H groups in total. The number of nitrogens with one attached hydrogen (secondary N) is 3. The van der Waals surface area contributed by atoms with Gasteiger partial charge in [0.25, 0.3) is 0 Å². The monoisotopic (exact) mass is 283 g/mol. The highest BCUT2D eigenvalue weighted by Gasteiger charge is 2.08. The second-order valence-electron chi connectivity index (χ2n) is 4.82. The van der Waals surface area contributed by atoms with Crippen LogP contribution in [0.1, 0.15) is 11.1 Å². The molecule has 0 atom stereocenters. The summed E-state index contributed by atoms with van der Waals surface area (Å²) in [5.41, 5.74) is 3.52. The van der Waals surface area contributed by atoms with Crippen LogP contribution in [0.3, 0.4) is 0 Å². The molecule has 0 fully saturated rings. The zero-order valence-electron chi connectivity index (χ0n) is 12.2. The molecule has 4 heteroatoms. The van der Waals surface area contributed by atoms with Crippen molar-refractivity contribution in [1.82, 2.24) is 10.6 Å². The topological polar surface area (TPSA) is 68.1 Å². The number of aliphatic hydroxyl groups excluding tert-OH is 1. The molecule has 0 saturated carbocycles. The number of benzene rings is 1. The maximum atomic E-state index is 9.02. The standard InChI is InChI=1S/C17H21N3O/c1-19-17(15-4-2-3-5-16(15)18)20-11-10-13-6-8-14(12-21)9-7-13/h2-9,18-21H,10-12H2,1H3/b17-15+,18-16?. The van der Waals surface area contributed by atoms with Gasteiger partial charge in [0.1, 0.15) is 5.82 Å². The summed E-state index contributed by atoms with van der Waals surface area (Å²) in [4.78, 5) is 0. The smallest absolute Gasteiger partial charge is 0.108 e. The summed E-state index contributed by atoms with van der Waals surface area (Å²) >= 11 is 0. The Balaban J connectivity index is 1.94. The van der Waals surface area contributed by atoms with Crippen LogP contribution in [-0.4, -0.2) is 24.4 Å². The maximum Gasteiger partial charge on any atom is 0.108 e. The Morgan fingerprint density at radius 2 is 1.76 bits per heavy atom. The van der Waals surface area contributed by atoms with Crippen LogP contribution < -0.4 is 10.6 Å². The Hall–Kier alpha value is -2.33. The lowest BCUT2D eigenvalue weighted by atomic mass is 10.1. The normalized spacial score (nSPS) is 16.0. The lowest BCUT2D eigenvalue weighted by Crippen LogP contribution is -2.28. The van der Waals surface area contributed by atoms with Gasteiger partial charge in [0.2, 0.25) is 0 Å². The first kappa shape index (κ1) is 15.1. The predicted octanol–water partition coefficient (Wildman–Crippen LogP) is 1.89. The molecule has 0 aliphatic heterocycles. The Kier molecular flexibility index (Phi) is 5.35. The molecule has 0 saturated heterocycles. The number of hydrogen-bond acceptors (Lipinski definition) is 4. The molecule has 0 bridgehead atoms. The van der Waals surface area contributed by atoms with Gasteiger partial charge in [-0.05, 0) is 29.7 Å². The van der Waals surface area contributed by atoms with Crippen LogP contribution >= 0.6 is 0 Å². The minimum absolute atomic E-state index is 0.0799. The molecule has 0 heterocycles. The fourth-order valence-electron chi connectivity index (χ4n) is 2.16. The van der Waals surface area contributed by atoms with Gasteiger partial charge in [-0.15, -0.1) is 0 Å². The third-order valence-corrected chi connectivity index (χ3v) is 3.37. The molecule has 1 aromatic rings. The van der Waals surface area contributed by atoms with E-state index in [4.69, 9.17) is 10.5 Å².